The van der Waals surface area contributed by atoms with Crippen LogP contribution in [0.2, 0.25) is 0 Å². The maximum absolute atomic E-state index is 13.5. The lowest BCUT2D eigenvalue weighted by molar-refractivity contribution is -0.920. The average molecular weight is 362 g/mol. The van der Waals surface area contributed by atoms with E-state index in [0.717, 1.165) is 12.1 Å². The fourth-order valence-corrected chi connectivity index (χ4v) is 4.44. The Balaban J connectivity index is 2.23. The highest BCUT2D eigenvalue weighted by atomic mass is 19.1. The third-order valence-electron chi connectivity index (χ3n) is 5.95. The highest BCUT2D eigenvalue weighted by molar-refractivity contribution is 6.00. The van der Waals surface area contributed by atoms with Gasteiger partial charge in [0.05, 0.1) is 43.1 Å². The van der Waals surface area contributed by atoms with Gasteiger partial charge in [0.25, 0.3) is 0 Å². The summed E-state index contributed by atoms with van der Waals surface area (Å²) in [5, 5.41) is 38.1. The van der Waals surface area contributed by atoms with Crippen molar-refractivity contribution in [3.63, 3.8) is 0 Å². The fourth-order valence-electron chi connectivity index (χ4n) is 4.44. The van der Waals surface area contributed by atoms with Crippen molar-refractivity contribution in [1.29, 1.82) is 21.2 Å². The van der Waals surface area contributed by atoms with Gasteiger partial charge in [-0.3, -0.25) is 0 Å². The molecule has 1 aliphatic heterocycles. The largest absolute Gasteiger partial charge is 0.329 e. The monoisotopic (exact) mass is 362 g/mol. The predicted molar refractivity (Wildman–Crippen MR) is 97.0 cm³/mol. The van der Waals surface area contributed by atoms with Gasteiger partial charge in [-0.1, -0.05) is 12.1 Å². The molecular weight excluding hydrogens is 341 g/mol. The molecule has 4 atom stereocenters. The van der Waals surface area contributed by atoms with Gasteiger partial charge in [-0.15, -0.1) is 0 Å². The summed E-state index contributed by atoms with van der Waals surface area (Å²) in [6.07, 6.45) is 2.00. The first-order valence-corrected chi connectivity index (χ1v) is 9.00. The van der Waals surface area contributed by atoms with Crippen molar-refractivity contribution in [2.45, 2.75) is 25.8 Å². The summed E-state index contributed by atoms with van der Waals surface area (Å²) in [6.45, 7) is 5.63. The molecule has 0 radical (unpaired) electrons. The van der Waals surface area contributed by atoms with Crippen LogP contribution in [0.25, 0.3) is 0 Å². The van der Waals surface area contributed by atoms with Crippen molar-refractivity contribution < 1.29 is 9.29 Å². The highest BCUT2D eigenvalue weighted by Crippen LogP contribution is 2.52. The lowest BCUT2D eigenvalue weighted by Gasteiger charge is -2.47. The van der Waals surface area contributed by atoms with Crippen molar-refractivity contribution in [3.8, 4) is 18.2 Å². The van der Waals surface area contributed by atoms with Gasteiger partial charge in [-0.25, -0.2) is 4.39 Å². The maximum atomic E-state index is 13.5. The third kappa shape index (κ3) is 2.81. The van der Waals surface area contributed by atoms with Gasteiger partial charge in [-0.2, -0.15) is 15.8 Å². The Morgan fingerprint density at radius 2 is 1.81 bits per heavy atom. The van der Waals surface area contributed by atoms with Crippen LogP contribution in [0, 0.1) is 62.5 Å². The summed E-state index contributed by atoms with van der Waals surface area (Å²) in [7, 11) is 0. The molecular formula is C21H21FN5+. The molecule has 0 bridgehead atoms. The lowest BCUT2D eigenvalue weighted by atomic mass is 9.54. The van der Waals surface area contributed by atoms with Gasteiger partial charge < -0.3 is 10.3 Å². The van der Waals surface area contributed by atoms with Gasteiger partial charge in [0.2, 0.25) is 0 Å². The normalized spacial score (nSPS) is 29.1. The summed E-state index contributed by atoms with van der Waals surface area (Å²) in [4.78, 5) is 1.30. The molecule has 136 valence electrons. The number of nitrogens with one attached hydrogen (secondary N) is 2. The van der Waals surface area contributed by atoms with E-state index in [4.69, 9.17) is 5.41 Å². The van der Waals surface area contributed by atoms with Gasteiger partial charge in [-0.05, 0) is 43.2 Å². The molecule has 1 aliphatic carbocycles. The van der Waals surface area contributed by atoms with E-state index < -0.39 is 23.1 Å². The van der Waals surface area contributed by atoms with Crippen LogP contribution < -0.4 is 4.90 Å². The molecule has 2 N–H and O–H groups in total. The summed E-state index contributed by atoms with van der Waals surface area (Å²) in [6, 6.07) is 12.4. The lowest BCUT2D eigenvalue weighted by Crippen LogP contribution is -3.16. The predicted octanol–water partition coefficient (Wildman–Crippen LogP) is 1.97. The summed E-state index contributed by atoms with van der Waals surface area (Å²) < 4.78 is 13.5. The molecule has 3 rings (SSSR count). The SMILES string of the molecule is CC(C)[NH+]1CC=C2C(C#N)C(=N)C(C#N)(C#N)[C@@H](c3ccc(F)cc3)[C@H]2C1. The van der Waals surface area contributed by atoms with E-state index in [2.05, 4.69) is 32.1 Å². The number of hydrogen-bond acceptors (Lipinski definition) is 4. The van der Waals surface area contributed by atoms with Crippen molar-refractivity contribution in [1.82, 2.24) is 0 Å². The smallest absolute Gasteiger partial charge is 0.189 e. The average Bonchev–Trinajstić information content (AvgIpc) is 2.67. The molecule has 1 saturated carbocycles. The standard InChI is InChI=1S/C21H20FN5/c1-13(2)27-8-7-16-17(9-23)20(26)21(11-24,12-25)19(18(16)10-27)14-3-5-15(22)6-4-14/h3-7,13,17-19,26H,8,10H2,1-2H3/p+1/t17?,18-,19-/m0/s1. The Morgan fingerprint density at radius 3 is 2.33 bits per heavy atom. The minimum Gasteiger partial charge on any atom is -0.329 e. The zero-order valence-corrected chi connectivity index (χ0v) is 15.3. The minimum atomic E-state index is -1.74. The Labute approximate surface area is 158 Å². The van der Waals surface area contributed by atoms with Crippen LogP contribution >= 0.6 is 0 Å². The van der Waals surface area contributed by atoms with E-state index in [9.17, 15) is 20.2 Å². The van der Waals surface area contributed by atoms with Crippen molar-refractivity contribution in [2.75, 3.05) is 13.1 Å². The molecule has 1 heterocycles. The van der Waals surface area contributed by atoms with E-state index in [0.29, 0.717) is 18.2 Å². The van der Waals surface area contributed by atoms with Crippen LogP contribution in [-0.4, -0.2) is 24.8 Å². The maximum Gasteiger partial charge on any atom is 0.189 e. The first-order valence-electron chi connectivity index (χ1n) is 9.00. The molecule has 2 unspecified atom stereocenters. The second kappa shape index (κ2) is 6.95. The number of quaternary nitrogens is 1. The van der Waals surface area contributed by atoms with Crippen LogP contribution in [0.3, 0.4) is 0 Å². The topological polar surface area (TPSA) is 99.7 Å². The quantitative estimate of drug-likeness (QED) is 0.787. The van der Waals surface area contributed by atoms with Crippen molar-refractivity contribution in [3.05, 3.63) is 47.3 Å². The van der Waals surface area contributed by atoms with Gasteiger partial charge in [0, 0.05) is 11.8 Å². The van der Waals surface area contributed by atoms with Gasteiger partial charge >= 0.3 is 0 Å². The number of nitriles is 3. The molecule has 0 amide bonds. The van der Waals surface area contributed by atoms with Crippen LogP contribution in [0.4, 0.5) is 4.39 Å². The summed E-state index contributed by atoms with van der Waals surface area (Å²) in [5.74, 6) is -2.09. The zero-order valence-electron chi connectivity index (χ0n) is 15.3. The van der Waals surface area contributed by atoms with Crippen LogP contribution in [0.5, 0.6) is 0 Å². The molecule has 6 heteroatoms. The van der Waals surface area contributed by atoms with E-state index >= 15 is 0 Å². The summed E-state index contributed by atoms with van der Waals surface area (Å²) >= 11 is 0. The molecule has 2 aliphatic rings. The fraction of sp³-hybridized carbons (Fsp3) is 0.429. The number of fused-ring (bicyclic) bond motifs is 1. The zero-order chi connectivity index (χ0) is 19.8. The van der Waals surface area contributed by atoms with Crippen molar-refractivity contribution >= 4 is 5.71 Å². The second-order valence-corrected chi connectivity index (χ2v) is 7.57. The number of nitrogens with zero attached hydrogens (tertiary/aromatic N) is 3. The van der Waals surface area contributed by atoms with Crippen LogP contribution in [0.1, 0.15) is 25.3 Å². The number of hydrogen-bond donors (Lipinski definition) is 2. The Kier molecular flexibility index (Phi) is 4.83. The second-order valence-electron chi connectivity index (χ2n) is 7.57. The van der Waals surface area contributed by atoms with Gasteiger partial charge in [0.1, 0.15) is 11.7 Å². The highest BCUT2D eigenvalue weighted by Gasteiger charge is 2.58. The summed E-state index contributed by atoms with van der Waals surface area (Å²) in [5.41, 5.74) is -0.427. The molecule has 5 nitrogen and oxygen atoms in total. The number of benzene rings is 1. The first kappa shape index (κ1) is 18.8. The van der Waals surface area contributed by atoms with E-state index in [1.54, 1.807) is 12.1 Å². The van der Waals surface area contributed by atoms with Gasteiger partial charge in [0.15, 0.2) is 5.41 Å². The van der Waals surface area contributed by atoms with E-state index in [1.165, 1.54) is 17.0 Å². The van der Waals surface area contributed by atoms with Crippen molar-refractivity contribution in [2.24, 2.45) is 17.3 Å². The van der Waals surface area contributed by atoms with Crippen LogP contribution in [-0.2, 0) is 0 Å². The van der Waals surface area contributed by atoms with E-state index in [1.807, 2.05) is 6.08 Å². The Bertz CT molecular complexity index is 896. The molecule has 1 fully saturated rings. The number of halogens is 1. The number of rotatable bonds is 2. The molecule has 0 saturated heterocycles. The Hall–Kier alpha value is -3.01. The molecule has 1 aromatic rings. The van der Waals surface area contributed by atoms with Crippen LogP contribution in [0.15, 0.2) is 35.9 Å². The molecule has 1 aromatic carbocycles. The third-order valence-corrected chi connectivity index (χ3v) is 5.95. The molecule has 0 aromatic heterocycles. The molecule has 27 heavy (non-hydrogen) atoms. The molecule has 0 spiro atoms. The minimum absolute atomic E-state index is 0.167. The Morgan fingerprint density at radius 1 is 1.19 bits per heavy atom. The first-order chi connectivity index (χ1) is 12.9. The van der Waals surface area contributed by atoms with E-state index in [-0.39, 0.29) is 11.6 Å².